The molecule has 0 aliphatic carbocycles. The highest BCUT2D eigenvalue weighted by Gasteiger charge is 2.36. The van der Waals surface area contributed by atoms with Gasteiger partial charge in [-0.3, -0.25) is 10.1 Å². The molecule has 0 amide bonds. The first-order valence-electron chi connectivity index (χ1n) is 12.3. The van der Waals surface area contributed by atoms with Gasteiger partial charge in [-0.15, -0.1) is 11.3 Å². The Morgan fingerprint density at radius 2 is 1.70 bits per heavy atom. The van der Waals surface area contributed by atoms with Crippen LogP contribution in [-0.2, 0) is 24.2 Å². The summed E-state index contributed by atoms with van der Waals surface area (Å²) < 4.78 is 19.2. The minimum atomic E-state index is -1.13. The molecule has 1 aromatic heterocycles. The van der Waals surface area contributed by atoms with Crippen LogP contribution in [0.2, 0.25) is 0 Å². The number of carboxylic acid groups (broad SMARTS) is 1. The molecule has 0 radical (unpaired) electrons. The molecular weight excluding hydrogens is 487 g/mol. The normalized spacial score (nSPS) is 12.7. The second kappa shape index (κ2) is 12.1. The molecule has 1 heterocycles. The number of hydrogen-bond acceptors (Lipinski definition) is 5. The highest BCUT2D eigenvalue weighted by atomic mass is 32.1. The summed E-state index contributed by atoms with van der Waals surface area (Å²) in [7, 11) is 0. The Kier molecular flexibility index (Phi) is 8.69. The molecule has 2 N–H and O–H groups in total. The lowest BCUT2D eigenvalue weighted by Gasteiger charge is -2.30. The predicted octanol–water partition coefficient (Wildman–Crippen LogP) is 6.44. The van der Waals surface area contributed by atoms with E-state index in [4.69, 9.17) is 9.72 Å². The van der Waals surface area contributed by atoms with Crippen LogP contribution in [0.15, 0.2) is 78.9 Å². The number of hydrogen-bond donors (Lipinski definition) is 2. The van der Waals surface area contributed by atoms with Crippen LogP contribution in [-0.4, -0.2) is 28.2 Å². The quantitative estimate of drug-likeness (QED) is 0.226. The first kappa shape index (κ1) is 26.5. The van der Waals surface area contributed by atoms with Gasteiger partial charge in [0.15, 0.2) is 0 Å². The van der Waals surface area contributed by atoms with Crippen molar-refractivity contribution in [3.8, 4) is 16.3 Å². The lowest BCUT2D eigenvalue weighted by molar-refractivity contribution is -0.145. The van der Waals surface area contributed by atoms with Gasteiger partial charge in [-0.25, -0.2) is 9.37 Å². The zero-order valence-electron chi connectivity index (χ0n) is 21.0. The van der Waals surface area contributed by atoms with Gasteiger partial charge < -0.3 is 9.84 Å². The van der Waals surface area contributed by atoms with E-state index in [1.54, 1.807) is 23.5 Å². The molecule has 4 rings (SSSR count). The minimum Gasteiger partial charge on any atom is -0.493 e. The number of ether oxygens (including phenoxy) is 1. The second-order valence-electron chi connectivity index (χ2n) is 9.03. The third-order valence-corrected chi connectivity index (χ3v) is 7.57. The molecule has 4 aromatic rings. The van der Waals surface area contributed by atoms with E-state index in [1.165, 1.54) is 17.0 Å². The number of aliphatic carboxylic acids is 1. The van der Waals surface area contributed by atoms with E-state index < -0.39 is 11.5 Å². The number of carboxylic acids is 1. The van der Waals surface area contributed by atoms with Gasteiger partial charge in [-0.1, -0.05) is 61.5 Å². The highest BCUT2D eigenvalue weighted by molar-refractivity contribution is 7.15. The van der Waals surface area contributed by atoms with Crippen molar-refractivity contribution in [3.05, 3.63) is 106 Å². The summed E-state index contributed by atoms with van der Waals surface area (Å²) in [4.78, 5) is 18.2. The van der Waals surface area contributed by atoms with Gasteiger partial charge >= 0.3 is 5.97 Å². The first-order valence-corrected chi connectivity index (χ1v) is 13.2. The summed E-state index contributed by atoms with van der Waals surface area (Å²) in [6.07, 6.45) is 1.43. The van der Waals surface area contributed by atoms with Gasteiger partial charge in [-0.2, -0.15) is 0 Å². The molecule has 192 valence electrons. The number of halogens is 1. The van der Waals surface area contributed by atoms with Gasteiger partial charge in [0, 0.05) is 29.8 Å². The summed E-state index contributed by atoms with van der Waals surface area (Å²) in [5, 5.41) is 14.2. The van der Waals surface area contributed by atoms with Crippen molar-refractivity contribution in [2.24, 2.45) is 0 Å². The van der Waals surface area contributed by atoms with Crippen LogP contribution in [0, 0.1) is 12.7 Å². The molecule has 0 saturated heterocycles. The summed E-state index contributed by atoms with van der Waals surface area (Å²) >= 11 is 1.69. The van der Waals surface area contributed by atoms with Gasteiger partial charge in [0.05, 0.1) is 12.3 Å². The first-order chi connectivity index (χ1) is 17.9. The monoisotopic (exact) mass is 518 g/mol. The number of benzene rings is 3. The summed E-state index contributed by atoms with van der Waals surface area (Å²) in [6, 6.07) is 23.8. The van der Waals surface area contributed by atoms with Crippen LogP contribution in [0.25, 0.3) is 10.6 Å². The third-order valence-electron chi connectivity index (χ3n) is 6.51. The van der Waals surface area contributed by atoms with Crippen molar-refractivity contribution in [1.29, 1.82) is 0 Å². The van der Waals surface area contributed by atoms with Crippen LogP contribution in [0.4, 0.5) is 4.39 Å². The fourth-order valence-corrected chi connectivity index (χ4v) is 5.14. The van der Waals surface area contributed by atoms with E-state index >= 15 is 0 Å². The molecule has 0 aliphatic rings. The Balaban J connectivity index is 1.34. The molecule has 1 unspecified atom stereocenters. The van der Waals surface area contributed by atoms with E-state index in [1.807, 2.05) is 49.4 Å². The Morgan fingerprint density at radius 3 is 2.35 bits per heavy atom. The van der Waals surface area contributed by atoms with Crippen molar-refractivity contribution in [3.63, 3.8) is 0 Å². The largest absolute Gasteiger partial charge is 0.493 e. The Labute approximate surface area is 221 Å². The summed E-state index contributed by atoms with van der Waals surface area (Å²) in [5.41, 5.74) is 2.76. The molecule has 0 bridgehead atoms. The molecule has 7 heteroatoms. The van der Waals surface area contributed by atoms with Crippen molar-refractivity contribution >= 4 is 17.3 Å². The fraction of sp³-hybridized carbons (Fsp3) is 0.267. The van der Waals surface area contributed by atoms with Crippen molar-refractivity contribution in [2.75, 3.05) is 6.61 Å². The number of carbonyl (C=O) groups is 1. The standard InChI is InChI=1S/C30H31FN2O3S/c1-3-30(29(34)35,32-20-23-9-13-25(31)14-10-23)19-22-11-15-26(16-12-22)36-18-17-27-21(2)37-28(33-27)24-7-5-4-6-8-24/h4-16,32H,3,17-20H2,1-2H3,(H,34,35). The van der Waals surface area contributed by atoms with E-state index in [-0.39, 0.29) is 5.82 Å². The number of aromatic nitrogens is 1. The minimum absolute atomic E-state index is 0.315. The Morgan fingerprint density at radius 1 is 1.03 bits per heavy atom. The maximum absolute atomic E-state index is 13.2. The lowest BCUT2D eigenvalue weighted by atomic mass is 9.87. The lowest BCUT2D eigenvalue weighted by Crippen LogP contribution is -2.53. The SMILES string of the molecule is CCC(Cc1ccc(OCCc2nc(-c3ccccc3)sc2C)cc1)(NCc1ccc(F)cc1)C(=O)O. The highest BCUT2D eigenvalue weighted by Crippen LogP contribution is 2.28. The molecule has 0 spiro atoms. The van der Waals surface area contributed by atoms with Crippen LogP contribution in [0.5, 0.6) is 5.75 Å². The van der Waals surface area contributed by atoms with E-state index in [0.717, 1.165) is 33.1 Å². The molecule has 3 aromatic carbocycles. The summed E-state index contributed by atoms with van der Waals surface area (Å²) in [5.74, 6) is -0.493. The number of nitrogens with one attached hydrogen (secondary N) is 1. The van der Waals surface area contributed by atoms with Crippen LogP contribution in [0.1, 0.15) is 35.0 Å². The summed E-state index contributed by atoms with van der Waals surface area (Å²) in [6.45, 7) is 4.78. The molecule has 1 atom stereocenters. The van der Waals surface area contributed by atoms with Gasteiger partial charge in [0.25, 0.3) is 0 Å². The maximum Gasteiger partial charge on any atom is 0.324 e. The smallest absolute Gasteiger partial charge is 0.324 e. The third kappa shape index (κ3) is 6.81. The van der Waals surface area contributed by atoms with Crippen LogP contribution < -0.4 is 10.1 Å². The average Bonchev–Trinajstić information content (AvgIpc) is 3.29. The number of rotatable bonds is 12. The van der Waals surface area contributed by atoms with Crippen LogP contribution in [0.3, 0.4) is 0 Å². The molecule has 0 saturated carbocycles. The molecule has 5 nitrogen and oxygen atoms in total. The average molecular weight is 519 g/mol. The van der Waals surface area contributed by atoms with Crippen molar-refractivity contribution in [1.82, 2.24) is 10.3 Å². The zero-order chi connectivity index (χ0) is 26.3. The predicted molar refractivity (Wildman–Crippen MR) is 146 cm³/mol. The Bertz CT molecular complexity index is 1310. The van der Waals surface area contributed by atoms with E-state index in [0.29, 0.717) is 32.4 Å². The fourth-order valence-electron chi connectivity index (χ4n) is 4.17. The number of aryl methyl sites for hydroxylation is 1. The molecule has 37 heavy (non-hydrogen) atoms. The van der Waals surface area contributed by atoms with Crippen molar-refractivity contribution in [2.45, 2.75) is 45.2 Å². The van der Waals surface area contributed by atoms with E-state index in [9.17, 15) is 14.3 Å². The maximum atomic E-state index is 13.2. The zero-order valence-corrected chi connectivity index (χ0v) is 21.9. The topological polar surface area (TPSA) is 71.5 Å². The van der Waals surface area contributed by atoms with Crippen LogP contribution >= 0.6 is 11.3 Å². The van der Waals surface area contributed by atoms with Crippen molar-refractivity contribution < 1.29 is 19.0 Å². The second-order valence-corrected chi connectivity index (χ2v) is 10.2. The van der Waals surface area contributed by atoms with E-state index in [2.05, 4.69) is 24.4 Å². The van der Waals surface area contributed by atoms with Gasteiger partial charge in [0.2, 0.25) is 0 Å². The number of nitrogens with zero attached hydrogens (tertiary/aromatic N) is 1. The molecular formula is C30H31FN2O3S. The molecule has 0 fully saturated rings. The Hall–Kier alpha value is -3.55. The van der Waals surface area contributed by atoms with Gasteiger partial charge in [0.1, 0.15) is 22.1 Å². The van der Waals surface area contributed by atoms with Gasteiger partial charge in [-0.05, 0) is 48.7 Å². The number of thiazole rings is 1. The molecule has 0 aliphatic heterocycles.